The molecule has 0 saturated heterocycles. The number of hydrogen-bond acceptors (Lipinski definition) is 6. The Bertz CT molecular complexity index is 983. The zero-order valence-electron chi connectivity index (χ0n) is 13.9. The van der Waals surface area contributed by atoms with Crippen molar-refractivity contribution in [2.45, 2.75) is 6.61 Å². The number of esters is 1. The summed E-state index contributed by atoms with van der Waals surface area (Å²) in [5.74, 6) is -0.983. The number of aromatic hydroxyl groups is 1. The van der Waals surface area contributed by atoms with Crippen LogP contribution in [0.25, 0.3) is 11.4 Å². The minimum atomic E-state index is -0.897. The van der Waals surface area contributed by atoms with Crippen LogP contribution in [0.2, 0.25) is 0 Å². The SMILES string of the molecule is COC(=O)c1nc(-c2cccc(OCc3ccccc3)c2)[nH]c(=O)c1O. The van der Waals surface area contributed by atoms with Gasteiger partial charge in [0, 0.05) is 5.56 Å². The molecule has 2 N–H and O–H groups in total. The number of aromatic amines is 1. The molecule has 0 bridgehead atoms. The molecule has 0 aliphatic carbocycles. The van der Waals surface area contributed by atoms with Crippen LogP contribution in [0.3, 0.4) is 0 Å². The van der Waals surface area contributed by atoms with Crippen LogP contribution in [0.1, 0.15) is 16.1 Å². The van der Waals surface area contributed by atoms with Gasteiger partial charge in [0.2, 0.25) is 5.75 Å². The highest BCUT2D eigenvalue weighted by Gasteiger charge is 2.19. The molecule has 132 valence electrons. The highest BCUT2D eigenvalue weighted by Crippen LogP contribution is 2.23. The predicted octanol–water partition coefficient (Wildman–Crippen LogP) is 2.51. The van der Waals surface area contributed by atoms with E-state index in [0.29, 0.717) is 17.9 Å². The van der Waals surface area contributed by atoms with Gasteiger partial charge in [0.15, 0.2) is 5.69 Å². The fraction of sp³-hybridized carbons (Fsp3) is 0.105. The number of ether oxygens (including phenoxy) is 2. The topological polar surface area (TPSA) is 102 Å². The van der Waals surface area contributed by atoms with Crippen LogP contribution in [0, 0.1) is 0 Å². The van der Waals surface area contributed by atoms with Crippen molar-refractivity contribution in [3.8, 4) is 22.9 Å². The van der Waals surface area contributed by atoms with Crippen molar-refractivity contribution in [2.24, 2.45) is 0 Å². The smallest absolute Gasteiger partial charge is 0.360 e. The molecule has 0 fully saturated rings. The van der Waals surface area contributed by atoms with Crippen LogP contribution >= 0.6 is 0 Å². The van der Waals surface area contributed by atoms with E-state index in [0.717, 1.165) is 12.7 Å². The van der Waals surface area contributed by atoms with Crippen molar-refractivity contribution in [3.05, 3.63) is 76.2 Å². The van der Waals surface area contributed by atoms with Gasteiger partial charge >= 0.3 is 5.97 Å². The average molecular weight is 352 g/mol. The molecule has 0 spiro atoms. The molecule has 0 radical (unpaired) electrons. The standard InChI is InChI=1S/C19H16N2O5/c1-25-19(24)15-16(22)18(23)21-17(20-15)13-8-5-9-14(10-13)26-11-12-6-3-2-4-7-12/h2-10,22H,11H2,1H3,(H,20,21,23). The molecule has 0 atom stereocenters. The highest BCUT2D eigenvalue weighted by molar-refractivity contribution is 5.90. The minimum absolute atomic E-state index is 0.123. The van der Waals surface area contributed by atoms with E-state index < -0.39 is 23.0 Å². The molecule has 3 rings (SSSR count). The first kappa shape index (κ1) is 17.2. The molecule has 0 saturated carbocycles. The first-order valence-electron chi connectivity index (χ1n) is 7.77. The summed E-state index contributed by atoms with van der Waals surface area (Å²) >= 11 is 0. The lowest BCUT2D eigenvalue weighted by Gasteiger charge is -2.09. The second-order valence-corrected chi connectivity index (χ2v) is 5.41. The van der Waals surface area contributed by atoms with Gasteiger partial charge in [-0.05, 0) is 17.7 Å². The van der Waals surface area contributed by atoms with Gasteiger partial charge in [0.1, 0.15) is 18.2 Å². The van der Waals surface area contributed by atoms with Crippen LogP contribution in [0.15, 0.2) is 59.4 Å². The van der Waals surface area contributed by atoms with Gasteiger partial charge in [-0.2, -0.15) is 0 Å². The second kappa shape index (κ2) is 7.52. The maximum absolute atomic E-state index is 11.9. The molecule has 1 aromatic heterocycles. The Morgan fingerprint density at radius 2 is 1.92 bits per heavy atom. The monoisotopic (exact) mass is 352 g/mol. The molecular weight excluding hydrogens is 336 g/mol. The number of nitrogens with zero attached hydrogens (tertiary/aromatic N) is 1. The first-order chi connectivity index (χ1) is 12.6. The van der Waals surface area contributed by atoms with Gasteiger partial charge in [-0.15, -0.1) is 0 Å². The average Bonchev–Trinajstić information content (AvgIpc) is 2.68. The van der Waals surface area contributed by atoms with Crippen molar-refractivity contribution >= 4 is 5.97 Å². The lowest BCUT2D eigenvalue weighted by molar-refractivity contribution is 0.0590. The molecule has 0 aliphatic heterocycles. The van der Waals surface area contributed by atoms with Crippen molar-refractivity contribution in [1.82, 2.24) is 9.97 Å². The summed E-state index contributed by atoms with van der Waals surface area (Å²) < 4.78 is 10.3. The number of carbonyl (C=O) groups excluding carboxylic acids is 1. The Labute approximate surface area is 148 Å². The van der Waals surface area contributed by atoms with Crippen molar-refractivity contribution in [3.63, 3.8) is 0 Å². The quantitative estimate of drug-likeness (QED) is 0.684. The fourth-order valence-electron chi connectivity index (χ4n) is 2.32. The van der Waals surface area contributed by atoms with E-state index in [1.54, 1.807) is 24.3 Å². The molecule has 1 heterocycles. The zero-order valence-corrected chi connectivity index (χ0v) is 13.9. The lowest BCUT2D eigenvalue weighted by Crippen LogP contribution is -2.16. The van der Waals surface area contributed by atoms with Gasteiger partial charge in [-0.3, -0.25) is 4.79 Å². The number of hydrogen-bond donors (Lipinski definition) is 2. The molecule has 2 aromatic carbocycles. The summed E-state index contributed by atoms with van der Waals surface area (Å²) in [4.78, 5) is 30.0. The molecule has 0 unspecified atom stereocenters. The van der Waals surface area contributed by atoms with E-state index in [-0.39, 0.29) is 5.82 Å². The fourth-order valence-corrected chi connectivity index (χ4v) is 2.32. The third-order valence-electron chi connectivity index (χ3n) is 3.63. The molecule has 3 aromatic rings. The number of methoxy groups -OCH3 is 1. The molecule has 7 nitrogen and oxygen atoms in total. The summed E-state index contributed by atoms with van der Waals surface area (Å²) in [7, 11) is 1.14. The summed E-state index contributed by atoms with van der Waals surface area (Å²) in [6, 6.07) is 16.6. The number of carbonyl (C=O) groups is 1. The summed E-state index contributed by atoms with van der Waals surface area (Å²) in [6.45, 7) is 0.386. The molecular formula is C19H16N2O5. The van der Waals surface area contributed by atoms with E-state index in [9.17, 15) is 14.7 Å². The largest absolute Gasteiger partial charge is 0.501 e. The number of aromatic nitrogens is 2. The normalized spacial score (nSPS) is 10.3. The zero-order chi connectivity index (χ0) is 18.5. The van der Waals surface area contributed by atoms with Crippen LogP contribution in [0.5, 0.6) is 11.5 Å². The van der Waals surface area contributed by atoms with Crippen molar-refractivity contribution in [2.75, 3.05) is 7.11 Å². The third kappa shape index (κ3) is 3.72. The Kier molecular flexibility index (Phi) is 4.98. The summed E-state index contributed by atoms with van der Waals surface area (Å²) in [5, 5.41) is 9.70. The Morgan fingerprint density at radius 3 is 2.65 bits per heavy atom. The summed E-state index contributed by atoms with van der Waals surface area (Å²) in [5.41, 5.74) is 0.271. The van der Waals surface area contributed by atoms with E-state index in [1.165, 1.54) is 0 Å². The van der Waals surface area contributed by atoms with E-state index in [2.05, 4.69) is 14.7 Å². The Morgan fingerprint density at radius 1 is 1.15 bits per heavy atom. The van der Waals surface area contributed by atoms with E-state index in [4.69, 9.17) is 4.74 Å². The number of nitrogens with one attached hydrogen (secondary N) is 1. The van der Waals surface area contributed by atoms with Crippen LogP contribution in [-0.2, 0) is 11.3 Å². The van der Waals surface area contributed by atoms with Gasteiger partial charge in [0.05, 0.1) is 7.11 Å². The number of benzene rings is 2. The van der Waals surface area contributed by atoms with Gasteiger partial charge in [-0.25, -0.2) is 9.78 Å². The van der Waals surface area contributed by atoms with Gasteiger partial charge in [0.25, 0.3) is 5.56 Å². The van der Waals surface area contributed by atoms with Gasteiger partial charge < -0.3 is 19.6 Å². The number of rotatable bonds is 5. The minimum Gasteiger partial charge on any atom is -0.501 e. The molecule has 0 amide bonds. The van der Waals surface area contributed by atoms with E-state index in [1.807, 2.05) is 30.3 Å². The molecule has 7 heteroatoms. The van der Waals surface area contributed by atoms with E-state index >= 15 is 0 Å². The Balaban J connectivity index is 1.89. The first-order valence-corrected chi connectivity index (χ1v) is 7.77. The van der Waals surface area contributed by atoms with Crippen molar-refractivity contribution in [1.29, 1.82) is 0 Å². The number of H-pyrrole nitrogens is 1. The molecule has 26 heavy (non-hydrogen) atoms. The maximum Gasteiger partial charge on any atom is 0.360 e. The highest BCUT2D eigenvalue weighted by atomic mass is 16.5. The summed E-state index contributed by atoms with van der Waals surface area (Å²) in [6.07, 6.45) is 0. The maximum atomic E-state index is 11.9. The molecule has 0 aliphatic rings. The predicted molar refractivity (Wildman–Crippen MR) is 94.1 cm³/mol. The van der Waals surface area contributed by atoms with Crippen LogP contribution in [0.4, 0.5) is 0 Å². The van der Waals surface area contributed by atoms with Crippen molar-refractivity contribution < 1.29 is 19.4 Å². The Hall–Kier alpha value is -3.61. The van der Waals surface area contributed by atoms with Crippen LogP contribution < -0.4 is 10.3 Å². The third-order valence-corrected chi connectivity index (χ3v) is 3.63. The lowest BCUT2D eigenvalue weighted by atomic mass is 10.2. The van der Waals surface area contributed by atoms with Crippen LogP contribution in [-0.4, -0.2) is 28.2 Å². The second-order valence-electron chi connectivity index (χ2n) is 5.41. The van der Waals surface area contributed by atoms with Gasteiger partial charge in [-0.1, -0.05) is 42.5 Å².